The number of hydrogen-bond acceptors (Lipinski definition) is 3. The normalized spacial score (nSPS) is 12.3. The minimum Gasteiger partial charge on any atom is -0.444 e. The molecule has 1 N–H and O–H groups in total. The van der Waals surface area contributed by atoms with E-state index in [1.165, 1.54) is 0 Å². The zero-order chi connectivity index (χ0) is 24.2. The molecule has 0 aromatic heterocycles. The lowest BCUT2D eigenvalue weighted by atomic mass is 10.0. The molecule has 1 unspecified atom stereocenters. The van der Waals surface area contributed by atoms with E-state index in [2.05, 4.69) is 5.32 Å². The average molecular weight is 487 g/mol. The Morgan fingerprint density at radius 1 is 0.939 bits per heavy atom. The van der Waals surface area contributed by atoms with Gasteiger partial charge in [0, 0.05) is 20.0 Å². The topological polar surface area (TPSA) is 58.6 Å². The van der Waals surface area contributed by atoms with E-state index in [0.717, 1.165) is 21.9 Å². The second kappa shape index (κ2) is 10.4. The number of likely N-dealkylation sites (N-methyl/N-ethyl adjacent to an activating group) is 1. The van der Waals surface area contributed by atoms with Crippen molar-refractivity contribution in [2.45, 2.75) is 45.4 Å². The highest BCUT2D eigenvalue weighted by Gasteiger charge is 2.27. The molecule has 0 saturated carbocycles. The number of nitrogens with zero attached hydrogens (tertiary/aromatic N) is 1. The Balaban J connectivity index is 1.81. The molecule has 2 amide bonds. The van der Waals surface area contributed by atoms with Crippen LogP contribution in [0.3, 0.4) is 0 Å². The summed E-state index contributed by atoms with van der Waals surface area (Å²) in [5.41, 5.74) is 1.10. The van der Waals surface area contributed by atoms with Gasteiger partial charge in [-0.05, 0) is 54.8 Å². The van der Waals surface area contributed by atoms with Gasteiger partial charge in [-0.3, -0.25) is 4.79 Å². The minimum atomic E-state index is -0.797. The van der Waals surface area contributed by atoms with Gasteiger partial charge in [-0.2, -0.15) is 0 Å². The highest BCUT2D eigenvalue weighted by molar-refractivity contribution is 6.42. The molecule has 33 heavy (non-hydrogen) atoms. The molecule has 0 aliphatic rings. The maximum Gasteiger partial charge on any atom is 0.408 e. The number of carbonyl (C=O) groups is 2. The van der Waals surface area contributed by atoms with Gasteiger partial charge in [-0.1, -0.05) is 71.7 Å². The van der Waals surface area contributed by atoms with Crippen molar-refractivity contribution in [3.8, 4) is 0 Å². The number of hydrogen-bond donors (Lipinski definition) is 1. The summed E-state index contributed by atoms with van der Waals surface area (Å²) in [5.74, 6) is -0.236. The maximum atomic E-state index is 13.4. The molecular formula is C26H28Cl2N2O3. The molecular weight excluding hydrogens is 459 g/mol. The molecule has 0 fully saturated rings. The van der Waals surface area contributed by atoms with E-state index in [1.54, 1.807) is 44.9 Å². The van der Waals surface area contributed by atoms with E-state index >= 15 is 0 Å². The molecule has 3 rings (SSSR count). The van der Waals surface area contributed by atoms with Crippen molar-refractivity contribution >= 4 is 46.0 Å². The molecule has 3 aromatic rings. The summed E-state index contributed by atoms with van der Waals surface area (Å²) < 4.78 is 5.40. The summed E-state index contributed by atoms with van der Waals surface area (Å²) >= 11 is 12.1. The minimum absolute atomic E-state index is 0.236. The fourth-order valence-electron chi connectivity index (χ4n) is 3.51. The average Bonchev–Trinajstić information content (AvgIpc) is 2.74. The Bertz CT molecular complexity index is 1160. The lowest BCUT2D eigenvalue weighted by Crippen LogP contribution is -2.49. The number of benzene rings is 3. The summed E-state index contributed by atoms with van der Waals surface area (Å²) in [6, 6.07) is 18.5. The molecule has 0 aliphatic carbocycles. The van der Waals surface area contributed by atoms with Crippen LogP contribution in [0, 0.1) is 0 Å². The quantitative estimate of drug-likeness (QED) is 0.448. The SMILES string of the molecule is CN(Cc1ccc(Cl)c(Cl)c1)C(=O)C(Cc1ccc2ccccc2c1)NC(=O)OC(C)(C)C. The van der Waals surface area contributed by atoms with Crippen molar-refractivity contribution in [2.75, 3.05) is 7.05 Å². The van der Waals surface area contributed by atoms with E-state index in [-0.39, 0.29) is 5.91 Å². The first-order valence-electron chi connectivity index (χ1n) is 10.7. The monoisotopic (exact) mass is 486 g/mol. The van der Waals surface area contributed by atoms with Crippen molar-refractivity contribution in [1.82, 2.24) is 10.2 Å². The van der Waals surface area contributed by atoms with Gasteiger partial charge in [-0.25, -0.2) is 4.79 Å². The van der Waals surface area contributed by atoms with Gasteiger partial charge in [-0.15, -0.1) is 0 Å². The molecule has 3 aromatic carbocycles. The van der Waals surface area contributed by atoms with Crippen molar-refractivity contribution < 1.29 is 14.3 Å². The molecule has 0 bridgehead atoms. The molecule has 0 aliphatic heterocycles. The Kier molecular flexibility index (Phi) is 7.88. The van der Waals surface area contributed by atoms with Crippen LogP contribution >= 0.6 is 23.2 Å². The molecule has 174 valence electrons. The maximum absolute atomic E-state index is 13.4. The lowest BCUT2D eigenvalue weighted by molar-refractivity contribution is -0.132. The first-order valence-corrected chi connectivity index (χ1v) is 11.4. The third kappa shape index (κ3) is 7.11. The van der Waals surface area contributed by atoms with Gasteiger partial charge in [0.05, 0.1) is 10.0 Å². The summed E-state index contributed by atoms with van der Waals surface area (Å²) in [6.45, 7) is 5.66. The summed E-state index contributed by atoms with van der Waals surface area (Å²) in [5, 5.41) is 5.82. The second-order valence-electron chi connectivity index (χ2n) is 9.03. The molecule has 7 heteroatoms. The van der Waals surface area contributed by atoms with Crippen molar-refractivity contribution in [1.29, 1.82) is 0 Å². The van der Waals surface area contributed by atoms with E-state index in [4.69, 9.17) is 27.9 Å². The van der Waals surface area contributed by atoms with Crippen LogP contribution < -0.4 is 5.32 Å². The Morgan fingerprint density at radius 3 is 2.27 bits per heavy atom. The summed E-state index contributed by atoms with van der Waals surface area (Å²) in [7, 11) is 1.69. The molecule has 0 spiro atoms. The fraction of sp³-hybridized carbons (Fsp3) is 0.308. The van der Waals surface area contributed by atoms with Crippen LogP contribution in [0.1, 0.15) is 31.9 Å². The summed E-state index contributed by atoms with van der Waals surface area (Å²) in [6.07, 6.45) is -0.307. The van der Waals surface area contributed by atoms with Gasteiger partial charge in [0.15, 0.2) is 0 Å². The molecule has 0 saturated heterocycles. The number of amides is 2. The largest absolute Gasteiger partial charge is 0.444 e. The smallest absolute Gasteiger partial charge is 0.408 e. The first-order chi connectivity index (χ1) is 15.5. The zero-order valence-corrected chi connectivity index (χ0v) is 20.7. The number of alkyl carbamates (subject to hydrolysis) is 1. The number of rotatable bonds is 6. The van der Waals surface area contributed by atoms with E-state index in [1.807, 2.05) is 48.5 Å². The van der Waals surface area contributed by atoms with Gasteiger partial charge in [0.1, 0.15) is 11.6 Å². The standard InChI is InChI=1S/C26H28Cl2N2O3/c1-26(2,3)33-25(32)29-23(15-17-9-11-19-7-5-6-8-20(19)13-17)24(31)30(4)16-18-10-12-21(27)22(28)14-18/h5-14,23H,15-16H2,1-4H3,(H,29,32). The zero-order valence-electron chi connectivity index (χ0n) is 19.2. The molecule has 0 radical (unpaired) electrons. The lowest BCUT2D eigenvalue weighted by Gasteiger charge is -2.27. The van der Waals surface area contributed by atoms with Crippen LogP contribution in [0.5, 0.6) is 0 Å². The van der Waals surface area contributed by atoms with Crippen LogP contribution in [0.2, 0.25) is 10.0 Å². The molecule has 5 nitrogen and oxygen atoms in total. The third-order valence-electron chi connectivity index (χ3n) is 5.02. The van der Waals surface area contributed by atoms with Crippen LogP contribution in [-0.2, 0) is 22.5 Å². The van der Waals surface area contributed by atoms with Gasteiger partial charge >= 0.3 is 6.09 Å². The number of ether oxygens (including phenoxy) is 1. The van der Waals surface area contributed by atoms with Crippen LogP contribution in [-0.4, -0.2) is 35.6 Å². The molecule has 1 atom stereocenters. The van der Waals surface area contributed by atoms with Crippen LogP contribution in [0.4, 0.5) is 4.79 Å². The van der Waals surface area contributed by atoms with E-state index < -0.39 is 17.7 Å². The fourth-order valence-corrected chi connectivity index (χ4v) is 3.83. The number of fused-ring (bicyclic) bond motifs is 1. The van der Waals surface area contributed by atoms with Crippen molar-refractivity contribution in [2.24, 2.45) is 0 Å². The number of carbonyl (C=O) groups excluding carboxylic acids is 2. The highest BCUT2D eigenvalue weighted by Crippen LogP contribution is 2.23. The number of halogens is 2. The second-order valence-corrected chi connectivity index (χ2v) is 9.84. The molecule has 0 heterocycles. The van der Waals surface area contributed by atoms with Crippen LogP contribution in [0.15, 0.2) is 60.7 Å². The Hall–Kier alpha value is -2.76. The number of nitrogens with one attached hydrogen (secondary N) is 1. The van der Waals surface area contributed by atoms with Crippen LogP contribution in [0.25, 0.3) is 10.8 Å². The third-order valence-corrected chi connectivity index (χ3v) is 5.76. The van der Waals surface area contributed by atoms with Gasteiger partial charge in [0.25, 0.3) is 0 Å². The predicted octanol–water partition coefficient (Wildman–Crippen LogP) is 6.24. The predicted molar refractivity (Wildman–Crippen MR) is 134 cm³/mol. The van der Waals surface area contributed by atoms with Gasteiger partial charge in [0.2, 0.25) is 5.91 Å². The van der Waals surface area contributed by atoms with E-state index in [0.29, 0.717) is 23.0 Å². The van der Waals surface area contributed by atoms with Crippen molar-refractivity contribution in [3.63, 3.8) is 0 Å². The van der Waals surface area contributed by atoms with Gasteiger partial charge < -0.3 is 15.0 Å². The van der Waals surface area contributed by atoms with Crippen molar-refractivity contribution in [3.05, 3.63) is 81.8 Å². The first kappa shape index (κ1) is 24.9. The highest BCUT2D eigenvalue weighted by atomic mass is 35.5. The summed E-state index contributed by atoms with van der Waals surface area (Å²) in [4.78, 5) is 27.4. The Labute approximate surface area is 204 Å². The Morgan fingerprint density at radius 2 is 1.61 bits per heavy atom. The van der Waals surface area contributed by atoms with E-state index in [9.17, 15) is 9.59 Å².